The Balaban J connectivity index is 1.54. The van der Waals surface area contributed by atoms with E-state index in [1.165, 1.54) is 19.3 Å². The normalized spacial score (nSPS) is 21.8. The lowest BCUT2D eigenvalue weighted by Gasteiger charge is -2.37. The standard InChI is InChI=1S/C18H23N5O/c1-13-10-16(23(21-13)15-6-3-4-9-19-15)20-17(24)22-12-18(7-5-8-18)11-14(22)2/h3-4,6,9-10,14H,5,7-8,11-12H2,1-2H3,(H,20,24). The summed E-state index contributed by atoms with van der Waals surface area (Å²) in [6, 6.07) is 7.78. The van der Waals surface area contributed by atoms with Crippen LogP contribution in [0.2, 0.25) is 0 Å². The van der Waals surface area contributed by atoms with Crippen molar-refractivity contribution < 1.29 is 4.79 Å². The Labute approximate surface area is 141 Å². The number of carbonyl (C=O) groups excluding carboxylic acids is 1. The molecule has 2 fully saturated rings. The second-order valence-corrected chi connectivity index (χ2v) is 7.24. The molecule has 3 heterocycles. The predicted molar refractivity (Wildman–Crippen MR) is 92.2 cm³/mol. The van der Waals surface area contributed by atoms with Gasteiger partial charge in [0.15, 0.2) is 5.82 Å². The molecule has 4 rings (SSSR count). The molecule has 1 aliphatic carbocycles. The number of pyridine rings is 1. The fraction of sp³-hybridized carbons (Fsp3) is 0.500. The molecule has 1 saturated heterocycles. The van der Waals surface area contributed by atoms with Crippen LogP contribution in [0.1, 0.15) is 38.3 Å². The van der Waals surface area contributed by atoms with Gasteiger partial charge in [-0.1, -0.05) is 12.5 Å². The Bertz CT molecular complexity index is 750. The third-order valence-electron chi connectivity index (χ3n) is 5.37. The number of nitrogens with zero attached hydrogens (tertiary/aromatic N) is 4. The monoisotopic (exact) mass is 325 g/mol. The molecule has 126 valence electrons. The molecule has 2 aromatic rings. The van der Waals surface area contributed by atoms with E-state index >= 15 is 0 Å². The van der Waals surface area contributed by atoms with Crippen LogP contribution in [-0.4, -0.2) is 38.3 Å². The molecule has 0 aromatic carbocycles. The molecule has 0 bridgehead atoms. The molecule has 1 N–H and O–H groups in total. The molecule has 2 aromatic heterocycles. The zero-order chi connectivity index (χ0) is 16.7. The number of amides is 2. The minimum atomic E-state index is -0.0386. The predicted octanol–water partition coefficient (Wildman–Crippen LogP) is 3.37. The molecule has 1 saturated carbocycles. The highest BCUT2D eigenvalue weighted by molar-refractivity contribution is 5.89. The number of hydrogen-bond donors (Lipinski definition) is 1. The summed E-state index contributed by atoms with van der Waals surface area (Å²) in [6.45, 7) is 4.93. The Morgan fingerprint density at radius 3 is 2.83 bits per heavy atom. The van der Waals surface area contributed by atoms with Crippen LogP contribution in [0, 0.1) is 12.3 Å². The van der Waals surface area contributed by atoms with Crippen LogP contribution in [0.5, 0.6) is 0 Å². The molecule has 0 radical (unpaired) electrons. The molecule has 2 aliphatic rings. The highest BCUT2D eigenvalue weighted by Crippen LogP contribution is 2.50. The lowest BCUT2D eigenvalue weighted by molar-refractivity contribution is 0.144. The first-order valence-electron chi connectivity index (χ1n) is 8.62. The maximum absolute atomic E-state index is 12.8. The molecular formula is C18H23N5O. The van der Waals surface area contributed by atoms with E-state index in [-0.39, 0.29) is 12.1 Å². The van der Waals surface area contributed by atoms with E-state index in [1.54, 1.807) is 10.9 Å². The Morgan fingerprint density at radius 1 is 1.38 bits per heavy atom. The van der Waals surface area contributed by atoms with Crippen molar-refractivity contribution in [2.75, 3.05) is 11.9 Å². The number of rotatable bonds is 2. The summed E-state index contributed by atoms with van der Waals surface area (Å²) in [5.41, 5.74) is 1.23. The van der Waals surface area contributed by atoms with Gasteiger partial charge in [0.05, 0.1) is 5.69 Å². The van der Waals surface area contributed by atoms with Crippen molar-refractivity contribution in [1.29, 1.82) is 0 Å². The average molecular weight is 325 g/mol. The third-order valence-corrected chi connectivity index (χ3v) is 5.37. The van der Waals surface area contributed by atoms with Crippen LogP contribution < -0.4 is 5.32 Å². The number of anilines is 1. The van der Waals surface area contributed by atoms with Crippen LogP contribution in [0.25, 0.3) is 5.82 Å². The smallest absolute Gasteiger partial charge is 0.321 e. The largest absolute Gasteiger partial charge is 0.323 e. The second-order valence-electron chi connectivity index (χ2n) is 7.24. The van der Waals surface area contributed by atoms with Crippen LogP contribution in [0.3, 0.4) is 0 Å². The molecule has 1 atom stereocenters. The molecule has 1 unspecified atom stereocenters. The van der Waals surface area contributed by atoms with Gasteiger partial charge in [0, 0.05) is 24.8 Å². The Morgan fingerprint density at radius 2 is 2.21 bits per heavy atom. The van der Waals surface area contributed by atoms with Gasteiger partial charge in [-0.25, -0.2) is 9.78 Å². The maximum Gasteiger partial charge on any atom is 0.323 e. The van der Waals surface area contributed by atoms with E-state index in [4.69, 9.17) is 0 Å². The van der Waals surface area contributed by atoms with Crippen LogP contribution in [0.15, 0.2) is 30.5 Å². The Hall–Kier alpha value is -2.37. The van der Waals surface area contributed by atoms with E-state index in [0.29, 0.717) is 17.1 Å². The van der Waals surface area contributed by atoms with Gasteiger partial charge in [-0.2, -0.15) is 9.78 Å². The zero-order valence-electron chi connectivity index (χ0n) is 14.2. The van der Waals surface area contributed by atoms with E-state index in [1.807, 2.05) is 36.1 Å². The minimum absolute atomic E-state index is 0.0386. The third kappa shape index (κ3) is 2.56. The van der Waals surface area contributed by atoms with E-state index in [2.05, 4.69) is 22.3 Å². The van der Waals surface area contributed by atoms with Gasteiger partial charge >= 0.3 is 6.03 Å². The lowest BCUT2D eigenvalue weighted by Crippen LogP contribution is -2.40. The Kier molecular flexibility index (Phi) is 3.55. The first-order valence-corrected chi connectivity index (χ1v) is 8.62. The van der Waals surface area contributed by atoms with Crippen LogP contribution >= 0.6 is 0 Å². The van der Waals surface area contributed by atoms with E-state index in [9.17, 15) is 4.79 Å². The van der Waals surface area contributed by atoms with Gasteiger partial charge in [0.25, 0.3) is 0 Å². The molecule has 1 spiro atoms. The van der Waals surface area contributed by atoms with E-state index < -0.39 is 0 Å². The maximum atomic E-state index is 12.8. The highest BCUT2D eigenvalue weighted by Gasteiger charge is 2.47. The van der Waals surface area contributed by atoms with Gasteiger partial charge in [0.1, 0.15) is 5.82 Å². The van der Waals surface area contributed by atoms with Crippen molar-refractivity contribution in [3.8, 4) is 5.82 Å². The highest BCUT2D eigenvalue weighted by atomic mass is 16.2. The number of aromatic nitrogens is 3. The van der Waals surface area contributed by atoms with Crippen LogP contribution in [0.4, 0.5) is 10.6 Å². The summed E-state index contributed by atoms with van der Waals surface area (Å²) in [4.78, 5) is 19.1. The number of likely N-dealkylation sites (tertiary alicyclic amines) is 1. The summed E-state index contributed by atoms with van der Waals surface area (Å²) < 4.78 is 1.69. The number of hydrogen-bond acceptors (Lipinski definition) is 3. The molecule has 6 heteroatoms. The molecular weight excluding hydrogens is 302 g/mol. The number of carbonyl (C=O) groups is 1. The van der Waals surface area contributed by atoms with Crippen molar-refractivity contribution in [1.82, 2.24) is 19.7 Å². The van der Waals surface area contributed by atoms with Crippen molar-refractivity contribution in [2.45, 2.75) is 45.6 Å². The van der Waals surface area contributed by atoms with Gasteiger partial charge in [-0.05, 0) is 50.7 Å². The number of aryl methyl sites for hydroxylation is 1. The fourth-order valence-electron chi connectivity index (χ4n) is 4.05. The second kappa shape index (κ2) is 5.61. The minimum Gasteiger partial charge on any atom is -0.321 e. The molecule has 1 aliphatic heterocycles. The zero-order valence-corrected chi connectivity index (χ0v) is 14.2. The number of urea groups is 1. The van der Waals surface area contributed by atoms with Crippen LogP contribution in [-0.2, 0) is 0 Å². The summed E-state index contributed by atoms with van der Waals surface area (Å²) >= 11 is 0. The number of nitrogens with one attached hydrogen (secondary N) is 1. The van der Waals surface area contributed by atoms with Gasteiger partial charge in [-0.3, -0.25) is 5.32 Å². The molecule has 24 heavy (non-hydrogen) atoms. The van der Waals surface area contributed by atoms with Crippen molar-refractivity contribution in [3.63, 3.8) is 0 Å². The summed E-state index contributed by atoms with van der Waals surface area (Å²) in [7, 11) is 0. The quantitative estimate of drug-likeness (QED) is 0.921. The van der Waals surface area contributed by atoms with E-state index in [0.717, 1.165) is 18.7 Å². The summed E-state index contributed by atoms with van der Waals surface area (Å²) in [5.74, 6) is 1.36. The summed E-state index contributed by atoms with van der Waals surface area (Å²) in [6.07, 6.45) is 6.66. The van der Waals surface area contributed by atoms with Gasteiger partial charge < -0.3 is 4.90 Å². The van der Waals surface area contributed by atoms with Gasteiger partial charge in [-0.15, -0.1) is 0 Å². The summed E-state index contributed by atoms with van der Waals surface area (Å²) in [5, 5.41) is 7.49. The first-order chi connectivity index (χ1) is 11.6. The van der Waals surface area contributed by atoms with Gasteiger partial charge in [0.2, 0.25) is 0 Å². The van der Waals surface area contributed by atoms with Crippen molar-refractivity contribution >= 4 is 11.8 Å². The lowest BCUT2D eigenvalue weighted by atomic mass is 9.68. The SMILES string of the molecule is Cc1cc(NC(=O)N2CC3(CCC3)CC2C)n(-c2ccccn2)n1. The average Bonchev–Trinajstić information content (AvgIpc) is 3.08. The topological polar surface area (TPSA) is 63.1 Å². The van der Waals surface area contributed by atoms with Crippen molar-refractivity contribution in [3.05, 3.63) is 36.2 Å². The molecule has 6 nitrogen and oxygen atoms in total. The molecule has 2 amide bonds. The van der Waals surface area contributed by atoms with Crippen molar-refractivity contribution in [2.24, 2.45) is 5.41 Å². The fourth-order valence-corrected chi connectivity index (χ4v) is 4.05. The first kappa shape index (κ1) is 15.2.